The van der Waals surface area contributed by atoms with Crippen LogP contribution in [0, 0.1) is 5.92 Å². The first-order valence-electron chi connectivity index (χ1n) is 6.51. The Labute approximate surface area is 125 Å². The molecule has 0 aliphatic heterocycles. The molecule has 0 amide bonds. The molecule has 2 N–H and O–H groups in total. The average molecular weight is 318 g/mol. The number of hydrogen-bond acceptors (Lipinski definition) is 3. The lowest BCUT2D eigenvalue weighted by Crippen LogP contribution is -2.28. The highest BCUT2D eigenvalue weighted by atomic mass is 35.5. The summed E-state index contributed by atoms with van der Waals surface area (Å²) in [7, 11) is -3.46. The van der Waals surface area contributed by atoms with Crippen LogP contribution in [0.1, 0.15) is 25.3 Å². The summed E-state index contributed by atoms with van der Waals surface area (Å²) in [6, 6.07) is 6.90. The van der Waals surface area contributed by atoms with Gasteiger partial charge in [0, 0.05) is 23.6 Å². The Kier molecular flexibility index (Phi) is 7.23. The molecule has 1 unspecified atom stereocenters. The van der Waals surface area contributed by atoms with E-state index >= 15 is 0 Å². The second-order valence-corrected chi connectivity index (χ2v) is 6.62. The van der Waals surface area contributed by atoms with E-state index in [0.29, 0.717) is 18.0 Å². The summed E-state index contributed by atoms with van der Waals surface area (Å²) in [6.45, 7) is 2.38. The molecule has 1 rings (SSSR count). The molecule has 20 heavy (non-hydrogen) atoms. The standard InChI is InChI=1S/C14H20ClNO3S/c1-2-12(7-9-17)11-16-20(18,19)10-8-13-3-5-14(15)6-4-13/h3-6,8,10,12,16-17H,2,7,9,11H2,1H3/b10-8+. The van der Waals surface area contributed by atoms with E-state index in [-0.39, 0.29) is 12.5 Å². The highest BCUT2D eigenvalue weighted by Gasteiger charge is 2.10. The Morgan fingerprint density at radius 1 is 1.35 bits per heavy atom. The molecule has 0 aliphatic rings. The monoisotopic (exact) mass is 317 g/mol. The first kappa shape index (κ1) is 17.2. The second-order valence-electron chi connectivity index (χ2n) is 4.53. The fraction of sp³-hybridized carbons (Fsp3) is 0.429. The summed E-state index contributed by atoms with van der Waals surface area (Å²) in [5.74, 6) is 0.152. The summed E-state index contributed by atoms with van der Waals surface area (Å²) >= 11 is 5.76. The number of hydrogen-bond donors (Lipinski definition) is 2. The van der Waals surface area contributed by atoms with Gasteiger partial charge in [0.05, 0.1) is 0 Å². The van der Waals surface area contributed by atoms with Crippen LogP contribution in [0.4, 0.5) is 0 Å². The van der Waals surface area contributed by atoms with Gasteiger partial charge >= 0.3 is 0 Å². The number of aliphatic hydroxyl groups excluding tert-OH is 1. The van der Waals surface area contributed by atoms with Gasteiger partial charge in [-0.2, -0.15) is 0 Å². The number of benzene rings is 1. The van der Waals surface area contributed by atoms with Crippen LogP contribution in [0.15, 0.2) is 29.7 Å². The summed E-state index contributed by atoms with van der Waals surface area (Å²) in [5, 5.41) is 10.6. The van der Waals surface area contributed by atoms with Gasteiger partial charge in [0.1, 0.15) is 0 Å². The van der Waals surface area contributed by atoms with Crippen molar-refractivity contribution in [2.45, 2.75) is 19.8 Å². The molecule has 112 valence electrons. The van der Waals surface area contributed by atoms with Gasteiger partial charge in [0.2, 0.25) is 10.0 Å². The first-order valence-corrected chi connectivity index (χ1v) is 8.43. The summed E-state index contributed by atoms with van der Waals surface area (Å²) < 4.78 is 26.1. The molecule has 1 atom stereocenters. The van der Waals surface area contributed by atoms with Gasteiger partial charge in [-0.15, -0.1) is 0 Å². The molecular weight excluding hydrogens is 298 g/mol. The maximum absolute atomic E-state index is 11.8. The van der Waals surface area contributed by atoms with E-state index in [1.54, 1.807) is 24.3 Å². The third kappa shape index (κ3) is 6.52. The molecule has 0 radical (unpaired) electrons. The molecular formula is C14H20ClNO3S. The van der Waals surface area contributed by atoms with Gasteiger partial charge in [-0.1, -0.05) is 37.1 Å². The molecule has 1 aromatic rings. The van der Waals surface area contributed by atoms with E-state index in [9.17, 15) is 8.42 Å². The van der Waals surface area contributed by atoms with Crippen molar-refractivity contribution in [1.82, 2.24) is 4.72 Å². The molecule has 0 bridgehead atoms. The number of sulfonamides is 1. The molecule has 0 aromatic heterocycles. The fourth-order valence-corrected chi connectivity index (χ4v) is 2.68. The van der Waals surface area contributed by atoms with E-state index in [2.05, 4.69) is 4.72 Å². The Morgan fingerprint density at radius 3 is 2.55 bits per heavy atom. The van der Waals surface area contributed by atoms with Gasteiger partial charge in [-0.3, -0.25) is 0 Å². The van der Waals surface area contributed by atoms with Crippen LogP contribution in [0.25, 0.3) is 6.08 Å². The predicted octanol–water partition coefficient (Wildman–Crippen LogP) is 2.64. The van der Waals surface area contributed by atoms with Gasteiger partial charge in [-0.25, -0.2) is 13.1 Å². The Balaban J connectivity index is 2.58. The maximum atomic E-state index is 11.8. The summed E-state index contributed by atoms with van der Waals surface area (Å²) in [6.07, 6.45) is 2.94. The van der Waals surface area contributed by atoms with Gasteiger partial charge in [-0.05, 0) is 36.1 Å². The zero-order chi connectivity index (χ0) is 15.0. The Morgan fingerprint density at radius 2 is 2.00 bits per heavy atom. The molecule has 0 fully saturated rings. The number of nitrogens with one attached hydrogen (secondary N) is 1. The van der Waals surface area contributed by atoms with Crippen molar-refractivity contribution >= 4 is 27.7 Å². The minimum Gasteiger partial charge on any atom is -0.396 e. The molecule has 0 aliphatic carbocycles. The van der Waals surface area contributed by atoms with Crippen molar-refractivity contribution in [2.24, 2.45) is 5.92 Å². The second kappa shape index (κ2) is 8.42. The molecule has 4 nitrogen and oxygen atoms in total. The van der Waals surface area contributed by atoms with Gasteiger partial charge in [0.25, 0.3) is 0 Å². The SMILES string of the molecule is CCC(CCO)CNS(=O)(=O)/C=C/c1ccc(Cl)cc1. The van der Waals surface area contributed by atoms with Crippen molar-refractivity contribution < 1.29 is 13.5 Å². The fourth-order valence-electron chi connectivity index (χ4n) is 1.66. The largest absolute Gasteiger partial charge is 0.396 e. The zero-order valence-electron chi connectivity index (χ0n) is 11.4. The lowest BCUT2D eigenvalue weighted by atomic mass is 10.0. The van der Waals surface area contributed by atoms with Crippen molar-refractivity contribution in [1.29, 1.82) is 0 Å². The number of halogens is 1. The number of aliphatic hydroxyl groups is 1. The quantitative estimate of drug-likeness (QED) is 0.774. The van der Waals surface area contributed by atoms with Crippen LogP contribution >= 0.6 is 11.6 Å². The molecule has 0 spiro atoms. The van der Waals surface area contributed by atoms with E-state index in [4.69, 9.17) is 16.7 Å². The van der Waals surface area contributed by atoms with Crippen molar-refractivity contribution in [2.75, 3.05) is 13.2 Å². The van der Waals surface area contributed by atoms with Crippen LogP contribution in [-0.4, -0.2) is 26.7 Å². The third-order valence-corrected chi connectivity index (χ3v) is 4.31. The summed E-state index contributed by atoms with van der Waals surface area (Å²) in [4.78, 5) is 0. The van der Waals surface area contributed by atoms with E-state index in [1.807, 2.05) is 6.92 Å². The van der Waals surface area contributed by atoms with Gasteiger partial charge in [0.15, 0.2) is 0 Å². The normalized spacial score (nSPS) is 13.8. The average Bonchev–Trinajstić information content (AvgIpc) is 2.43. The van der Waals surface area contributed by atoms with Crippen molar-refractivity contribution in [3.05, 3.63) is 40.3 Å². The smallest absolute Gasteiger partial charge is 0.233 e. The lowest BCUT2D eigenvalue weighted by Gasteiger charge is -2.13. The van der Waals surface area contributed by atoms with E-state index < -0.39 is 10.0 Å². The van der Waals surface area contributed by atoms with E-state index in [1.165, 1.54) is 6.08 Å². The Hall–Kier alpha value is -0.880. The highest BCUT2D eigenvalue weighted by Crippen LogP contribution is 2.11. The van der Waals surface area contributed by atoms with Crippen LogP contribution in [0.3, 0.4) is 0 Å². The van der Waals surface area contributed by atoms with Crippen molar-refractivity contribution in [3.8, 4) is 0 Å². The van der Waals surface area contributed by atoms with Crippen molar-refractivity contribution in [3.63, 3.8) is 0 Å². The van der Waals surface area contributed by atoms with Crippen LogP contribution in [-0.2, 0) is 10.0 Å². The third-order valence-electron chi connectivity index (χ3n) is 3.00. The van der Waals surface area contributed by atoms with E-state index in [0.717, 1.165) is 17.4 Å². The molecule has 0 saturated carbocycles. The molecule has 0 saturated heterocycles. The van der Waals surface area contributed by atoms with Crippen LogP contribution in [0.2, 0.25) is 5.02 Å². The Bertz CT molecular complexity index is 526. The zero-order valence-corrected chi connectivity index (χ0v) is 13.0. The minimum atomic E-state index is -3.46. The maximum Gasteiger partial charge on any atom is 0.233 e. The predicted molar refractivity (Wildman–Crippen MR) is 82.9 cm³/mol. The lowest BCUT2D eigenvalue weighted by molar-refractivity contribution is 0.254. The van der Waals surface area contributed by atoms with Crippen LogP contribution in [0.5, 0.6) is 0 Å². The topological polar surface area (TPSA) is 66.4 Å². The summed E-state index contributed by atoms with van der Waals surface area (Å²) in [5.41, 5.74) is 0.766. The van der Waals surface area contributed by atoms with Gasteiger partial charge < -0.3 is 5.11 Å². The molecule has 6 heteroatoms. The highest BCUT2D eigenvalue weighted by molar-refractivity contribution is 7.92. The minimum absolute atomic E-state index is 0.0703. The van der Waals surface area contributed by atoms with Crippen LogP contribution < -0.4 is 4.72 Å². The first-order chi connectivity index (χ1) is 9.46. The molecule has 0 heterocycles. The number of rotatable bonds is 8. The molecule has 1 aromatic carbocycles.